The Balaban J connectivity index is 2.77. The highest BCUT2D eigenvalue weighted by atomic mass is 16.3. The van der Waals surface area contributed by atoms with Crippen LogP contribution in [0.3, 0.4) is 0 Å². The van der Waals surface area contributed by atoms with Crippen LogP contribution in [0.15, 0.2) is 6.07 Å². The molecular formula is C14H16O3. The number of phenols is 1. The maximum atomic E-state index is 12.0. The van der Waals surface area contributed by atoms with Crippen LogP contribution < -0.4 is 0 Å². The number of Topliss-reactive ketones (excluding diaryl/α,β-unsaturated/α-hetero) is 1. The summed E-state index contributed by atoms with van der Waals surface area (Å²) in [6.45, 7) is 5.89. The Morgan fingerprint density at radius 3 is 2.65 bits per heavy atom. The summed E-state index contributed by atoms with van der Waals surface area (Å²) < 4.78 is 0. The molecule has 2 rings (SSSR count). The highest BCUT2D eigenvalue weighted by molar-refractivity contribution is 6.09. The Labute approximate surface area is 100 Å². The maximum Gasteiger partial charge on any atom is 0.167 e. The lowest BCUT2D eigenvalue weighted by atomic mass is 9.91. The molecule has 17 heavy (non-hydrogen) atoms. The molecule has 90 valence electrons. The van der Waals surface area contributed by atoms with Crippen molar-refractivity contribution < 1.29 is 14.7 Å². The summed E-state index contributed by atoms with van der Waals surface area (Å²) in [4.78, 5) is 23.0. The smallest absolute Gasteiger partial charge is 0.167 e. The Bertz CT molecular complexity index is 501. The van der Waals surface area contributed by atoms with Crippen molar-refractivity contribution in [2.24, 2.45) is 5.92 Å². The van der Waals surface area contributed by atoms with Crippen LogP contribution in [0.25, 0.3) is 0 Å². The first-order valence-corrected chi connectivity index (χ1v) is 5.85. The van der Waals surface area contributed by atoms with Gasteiger partial charge in [-0.25, -0.2) is 0 Å². The molecule has 1 aromatic rings. The van der Waals surface area contributed by atoms with Crippen LogP contribution in [0.2, 0.25) is 0 Å². The van der Waals surface area contributed by atoms with Gasteiger partial charge in [-0.05, 0) is 29.5 Å². The van der Waals surface area contributed by atoms with Gasteiger partial charge in [-0.15, -0.1) is 0 Å². The molecule has 0 unspecified atom stereocenters. The van der Waals surface area contributed by atoms with Crippen LogP contribution in [0.1, 0.15) is 58.5 Å². The molecule has 0 heterocycles. The monoisotopic (exact) mass is 232 g/mol. The van der Waals surface area contributed by atoms with Gasteiger partial charge in [0.25, 0.3) is 0 Å². The third kappa shape index (κ3) is 1.66. The van der Waals surface area contributed by atoms with E-state index in [9.17, 15) is 14.7 Å². The number of fused-ring (bicyclic) bond motifs is 1. The second kappa shape index (κ2) is 3.99. The largest absolute Gasteiger partial charge is 0.507 e. The number of carbonyl (C=O) groups is 2. The molecule has 1 atom stereocenters. The first-order chi connectivity index (χ1) is 7.97. The lowest BCUT2D eigenvalue weighted by Crippen LogP contribution is -2.06. The number of phenolic OH excluding ortho intramolecular Hbond substituents is 1. The summed E-state index contributed by atoms with van der Waals surface area (Å²) in [6.07, 6.45) is 1.25. The molecule has 0 saturated heterocycles. The van der Waals surface area contributed by atoms with Crippen LogP contribution in [-0.2, 0) is 6.42 Å². The van der Waals surface area contributed by atoms with Crippen molar-refractivity contribution in [2.45, 2.75) is 33.1 Å². The zero-order chi connectivity index (χ0) is 12.7. The van der Waals surface area contributed by atoms with Crippen molar-refractivity contribution in [1.29, 1.82) is 0 Å². The summed E-state index contributed by atoms with van der Waals surface area (Å²) in [7, 11) is 0. The van der Waals surface area contributed by atoms with E-state index >= 15 is 0 Å². The molecule has 1 aromatic carbocycles. The number of aldehydes is 1. The van der Waals surface area contributed by atoms with Crippen molar-refractivity contribution in [3.8, 4) is 5.75 Å². The van der Waals surface area contributed by atoms with Crippen LogP contribution >= 0.6 is 0 Å². The van der Waals surface area contributed by atoms with Gasteiger partial charge >= 0.3 is 0 Å². The van der Waals surface area contributed by atoms with Gasteiger partial charge in [0.2, 0.25) is 0 Å². The standard InChI is InChI=1S/C14H16O3/c1-7(2)9-5-12(16)11(6-15)13-10(9)4-8(3)14(13)17/h5-8,16H,4H2,1-3H3/t8-/m0/s1. The Hall–Kier alpha value is -1.64. The fourth-order valence-corrected chi connectivity index (χ4v) is 2.53. The first kappa shape index (κ1) is 11.8. The van der Waals surface area contributed by atoms with E-state index in [2.05, 4.69) is 0 Å². The van der Waals surface area contributed by atoms with Gasteiger partial charge in [-0.2, -0.15) is 0 Å². The van der Waals surface area contributed by atoms with Crippen LogP contribution in [-0.4, -0.2) is 17.2 Å². The SMILES string of the molecule is CC(C)c1cc(O)c(C=O)c2c1C[C@H](C)C2=O. The second-order valence-electron chi connectivity index (χ2n) is 4.99. The molecule has 3 nitrogen and oxygen atoms in total. The number of rotatable bonds is 2. The highest BCUT2D eigenvalue weighted by Crippen LogP contribution is 2.38. The molecular weight excluding hydrogens is 216 g/mol. The predicted molar refractivity (Wildman–Crippen MR) is 64.8 cm³/mol. The number of aromatic hydroxyl groups is 1. The number of hydrogen-bond acceptors (Lipinski definition) is 3. The van der Waals surface area contributed by atoms with E-state index in [0.29, 0.717) is 18.3 Å². The maximum absolute atomic E-state index is 12.0. The molecule has 0 saturated carbocycles. The van der Waals surface area contributed by atoms with Crippen LogP contribution in [0.4, 0.5) is 0 Å². The third-order valence-electron chi connectivity index (χ3n) is 3.43. The average molecular weight is 232 g/mol. The zero-order valence-electron chi connectivity index (χ0n) is 10.3. The first-order valence-electron chi connectivity index (χ1n) is 5.85. The third-order valence-corrected chi connectivity index (χ3v) is 3.43. The normalized spacial score (nSPS) is 18.6. The van der Waals surface area contributed by atoms with E-state index in [4.69, 9.17) is 0 Å². The van der Waals surface area contributed by atoms with Gasteiger partial charge in [0, 0.05) is 11.5 Å². The number of carbonyl (C=O) groups excluding carboxylic acids is 2. The number of benzene rings is 1. The van der Waals surface area contributed by atoms with Crippen LogP contribution in [0, 0.1) is 5.92 Å². The summed E-state index contributed by atoms with van der Waals surface area (Å²) in [5, 5.41) is 9.82. The molecule has 0 spiro atoms. The fraction of sp³-hybridized carbons (Fsp3) is 0.429. The molecule has 3 heteroatoms. The van der Waals surface area contributed by atoms with Gasteiger partial charge in [0.15, 0.2) is 12.1 Å². The van der Waals surface area contributed by atoms with E-state index in [1.165, 1.54) is 0 Å². The topological polar surface area (TPSA) is 54.4 Å². The van der Waals surface area contributed by atoms with Crippen molar-refractivity contribution in [2.75, 3.05) is 0 Å². The van der Waals surface area contributed by atoms with Crippen molar-refractivity contribution >= 4 is 12.1 Å². The number of hydrogen-bond donors (Lipinski definition) is 1. The molecule has 0 radical (unpaired) electrons. The minimum Gasteiger partial charge on any atom is -0.507 e. The molecule has 0 aliphatic heterocycles. The summed E-state index contributed by atoms with van der Waals surface area (Å²) in [5.74, 6) is 0.0289. The van der Waals surface area contributed by atoms with Gasteiger partial charge in [-0.1, -0.05) is 20.8 Å². The van der Waals surface area contributed by atoms with E-state index in [0.717, 1.165) is 11.1 Å². The number of ketones is 1. The molecule has 0 bridgehead atoms. The molecule has 0 amide bonds. The van der Waals surface area contributed by atoms with Crippen molar-refractivity contribution in [1.82, 2.24) is 0 Å². The lowest BCUT2D eigenvalue weighted by Gasteiger charge is -2.14. The predicted octanol–water partition coefficient (Wildman–Crippen LogP) is 2.70. The summed E-state index contributed by atoms with van der Waals surface area (Å²) in [5.41, 5.74) is 2.51. The molecule has 1 aliphatic carbocycles. The zero-order valence-corrected chi connectivity index (χ0v) is 10.3. The van der Waals surface area contributed by atoms with E-state index in [-0.39, 0.29) is 28.9 Å². The van der Waals surface area contributed by atoms with Gasteiger partial charge in [0.05, 0.1) is 5.56 Å². The fourth-order valence-electron chi connectivity index (χ4n) is 2.53. The summed E-state index contributed by atoms with van der Waals surface area (Å²) in [6, 6.07) is 1.62. The van der Waals surface area contributed by atoms with E-state index in [1.54, 1.807) is 6.07 Å². The molecule has 0 fully saturated rings. The van der Waals surface area contributed by atoms with E-state index < -0.39 is 0 Å². The van der Waals surface area contributed by atoms with Gasteiger partial charge in [0.1, 0.15) is 5.75 Å². The van der Waals surface area contributed by atoms with Gasteiger partial charge < -0.3 is 5.11 Å². The molecule has 1 aliphatic rings. The van der Waals surface area contributed by atoms with Crippen molar-refractivity contribution in [3.63, 3.8) is 0 Å². The average Bonchev–Trinajstić information content (AvgIpc) is 2.55. The van der Waals surface area contributed by atoms with Crippen molar-refractivity contribution in [3.05, 3.63) is 28.3 Å². The minimum absolute atomic E-state index is 0.0279. The Morgan fingerprint density at radius 2 is 2.12 bits per heavy atom. The quantitative estimate of drug-likeness (QED) is 0.797. The highest BCUT2D eigenvalue weighted by Gasteiger charge is 2.33. The Kier molecular flexibility index (Phi) is 2.77. The van der Waals surface area contributed by atoms with Crippen LogP contribution in [0.5, 0.6) is 5.75 Å². The molecule has 0 aromatic heterocycles. The molecule has 1 N–H and O–H groups in total. The second-order valence-corrected chi connectivity index (χ2v) is 4.99. The lowest BCUT2D eigenvalue weighted by molar-refractivity contribution is 0.0941. The van der Waals surface area contributed by atoms with E-state index in [1.807, 2.05) is 20.8 Å². The minimum atomic E-state index is -0.0944. The Morgan fingerprint density at radius 1 is 1.47 bits per heavy atom. The van der Waals surface area contributed by atoms with Gasteiger partial charge in [-0.3, -0.25) is 9.59 Å². The summed E-state index contributed by atoms with van der Waals surface area (Å²) >= 11 is 0.